The molecule has 2 aromatic rings. The van der Waals surface area contributed by atoms with E-state index in [0.717, 1.165) is 5.56 Å². The largest absolute Gasteiger partial charge is 0.454 e. The van der Waals surface area contributed by atoms with Gasteiger partial charge < -0.3 is 19.5 Å². The molecule has 0 saturated carbocycles. The normalized spacial score (nSPS) is 17.2. The molecule has 1 N–H and O–H groups in total. The van der Waals surface area contributed by atoms with Gasteiger partial charge in [-0.25, -0.2) is 4.79 Å². The molecule has 0 aromatic heterocycles. The van der Waals surface area contributed by atoms with Crippen LogP contribution >= 0.6 is 0 Å². The third-order valence-electron chi connectivity index (χ3n) is 4.66. The molecule has 2 aromatic carbocycles. The number of amides is 2. The van der Waals surface area contributed by atoms with Gasteiger partial charge in [-0.15, -0.1) is 0 Å². The Kier molecular flexibility index (Phi) is 4.72. The number of cyclic esters (lactones) is 1. The predicted octanol–water partition coefficient (Wildman–Crippen LogP) is 1.92. The van der Waals surface area contributed by atoms with E-state index in [4.69, 9.17) is 14.2 Å². The predicted molar refractivity (Wildman–Crippen MR) is 96.2 cm³/mol. The van der Waals surface area contributed by atoms with Gasteiger partial charge in [-0.3, -0.25) is 9.69 Å². The van der Waals surface area contributed by atoms with Crippen LogP contribution in [0.25, 0.3) is 0 Å². The average Bonchev–Trinajstić information content (AvgIpc) is 3.33. The van der Waals surface area contributed by atoms with E-state index in [9.17, 15) is 14.9 Å². The van der Waals surface area contributed by atoms with E-state index in [1.165, 1.54) is 4.90 Å². The molecule has 0 unspecified atom stereocenters. The lowest BCUT2D eigenvalue weighted by molar-refractivity contribution is -0.125. The maximum absolute atomic E-state index is 12.6. The zero-order chi connectivity index (χ0) is 19.5. The van der Waals surface area contributed by atoms with Crippen molar-refractivity contribution in [2.75, 3.05) is 13.4 Å². The summed E-state index contributed by atoms with van der Waals surface area (Å²) in [5.41, 5.74) is 1.98. The maximum Gasteiger partial charge on any atom is 0.410 e. The van der Waals surface area contributed by atoms with Gasteiger partial charge in [-0.2, -0.15) is 5.26 Å². The molecule has 8 heteroatoms. The molecule has 142 valence electrons. The average molecular weight is 379 g/mol. The van der Waals surface area contributed by atoms with Gasteiger partial charge >= 0.3 is 6.09 Å². The van der Waals surface area contributed by atoms with Crippen LogP contribution in [0.5, 0.6) is 11.5 Å². The highest BCUT2D eigenvalue weighted by atomic mass is 16.7. The van der Waals surface area contributed by atoms with Crippen LogP contribution in [0.15, 0.2) is 42.5 Å². The Morgan fingerprint density at radius 1 is 1.18 bits per heavy atom. The number of nitriles is 1. The highest BCUT2D eigenvalue weighted by Crippen LogP contribution is 2.32. The third kappa shape index (κ3) is 3.42. The lowest BCUT2D eigenvalue weighted by atomic mass is 10.1. The number of rotatable bonds is 5. The smallest absolute Gasteiger partial charge is 0.410 e. The van der Waals surface area contributed by atoms with Crippen molar-refractivity contribution in [3.63, 3.8) is 0 Å². The fourth-order valence-corrected chi connectivity index (χ4v) is 3.15. The standard InChI is InChI=1S/C20H17N3O5/c21-8-14-3-1-2-4-15(14)10-23-16(11-26-20(23)25)19(24)22-9-13-5-6-17-18(7-13)28-12-27-17/h1-7,16H,9-12H2,(H,22,24)/t16-/m0/s1. The Hall–Kier alpha value is -3.73. The quantitative estimate of drug-likeness (QED) is 0.852. The first-order valence-electron chi connectivity index (χ1n) is 8.73. The number of nitrogens with one attached hydrogen (secondary N) is 1. The third-order valence-corrected chi connectivity index (χ3v) is 4.66. The van der Waals surface area contributed by atoms with Gasteiger partial charge in [0.1, 0.15) is 12.6 Å². The number of hydrogen-bond acceptors (Lipinski definition) is 6. The van der Waals surface area contributed by atoms with Gasteiger partial charge in [0.15, 0.2) is 11.5 Å². The van der Waals surface area contributed by atoms with Crippen LogP contribution in [0.1, 0.15) is 16.7 Å². The summed E-state index contributed by atoms with van der Waals surface area (Å²) in [6, 6.07) is 13.7. The van der Waals surface area contributed by atoms with Gasteiger partial charge in [-0.05, 0) is 29.3 Å². The molecular weight excluding hydrogens is 362 g/mol. The fraction of sp³-hybridized carbons (Fsp3) is 0.250. The Morgan fingerprint density at radius 3 is 2.86 bits per heavy atom. The molecule has 2 heterocycles. The molecule has 1 fully saturated rings. The molecule has 2 amide bonds. The Labute approximate surface area is 161 Å². The van der Waals surface area contributed by atoms with Crippen molar-refractivity contribution in [1.82, 2.24) is 10.2 Å². The van der Waals surface area contributed by atoms with Crippen LogP contribution in [-0.2, 0) is 22.6 Å². The van der Waals surface area contributed by atoms with Crippen molar-refractivity contribution in [1.29, 1.82) is 5.26 Å². The van der Waals surface area contributed by atoms with Gasteiger partial charge in [0.2, 0.25) is 12.7 Å². The second kappa shape index (κ2) is 7.48. The first-order valence-corrected chi connectivity index (χ1v) is 8.73. The molecule has 2 aliphatic heterocycles. The van der Waals surface area contributed by atoms with Crippen molar-refractivity contribution >= 4 is 12.0 Å². The highest BCUT2D eigenvalue weighted by molar-refractivity contribution is 5.88. The van der Waals surface area contributed by atoms with E-state index >= 15 is 0 Å². The van der Waals surface area contributed by atoms with E-state index in [1.807, 2.05) is 6.07 Å². The summed E-state index contributed by atoms with van der Waals surface area (Å²) >= 11 is 0. The Bertz CT molecular complexity index is 969. The van der Waals surface area contributed by atoms with Crippen molar-refractivity contribution in [3.05, 3.63) is 59.2 Å². The molecule has 0 radical (unpaired) electrons. The van der Waals surface area contributed by atoms with Crippen molar-refractivity contribution < 1.29 is 23.8 Å². The Balaban J connectivity index is 1.42. The maximum atomic E-state index is 12.6. The minimum Gasteiger partial charge on any atom is -0.454 e. The summed E-state index contributed by atoms with van der Waals surface area (Å²) in [5, 5.41) is 12.0. The molecule has 1 atom stereocenters. The molecule has 0 aliphatic carbocycles. The van der Waals surface area contributed by atoms with Crippen molar-refractivity contribution in [3.8, 4) is 17.6 Å². The summed E-state index contributed by atoms with van der Waals surface area (Å²) in [4.78, 5) is 26.1. The monoisotopic (exact) mass is 379 g/mol. The Morgan fingerprint density at radius 2 is 2.00 bits per heavy atom. The van der Waals surface area contributed by atoms with Crippen molar-refractivity contribution in [2.24, 2.45) is 0 Å². The van der Waals surface area contributed by atoms with E-state index in [2.05, 4.69) is 11.4 Å². The van der Waals surface area contributed by atoms with Gasteiger partial charge in [-0.1, -0.05) is 24.3 Å². The second-order valence-electron chi connectivity index (χ2n) is 6.39. The van der Waals surface area contributed by atoms with Gasteiger partial charge in [0, 0.05) is 6.54 Å². The van der Waals surface area contributed by atoms with Crippen LogP contribution in [0.3, 0.4) is 0 Å². The summed E-state index contributed by atoms with van der Waals surface area (Å²) in [7, 11) is 0. The van der Waals surface area contributed by atoms with Gasteiger partial charge in [0.05, 0.1) is 18.2 Å². The van der Waals surface area contributed by atoms with Crippen LogP contribution in [-0.4, -0.2) is 36.3 Å². The number of benzene rings is 2. The van der Waals surface area contributed by atoms with Crippen LogP contribution < -0.4 is 14.8 Å². The molecule has 0 spiro atoms. The zero-order valence-electron chi connectivity index (χ0n) is 14.9. The topological polar surface area (TPSA) is 101 Å². The van der Waals surface area contributed by atoms with Crippen LogP contribution in [0.4, 0.5) is 4.79 Å². The summed E-state index contributed by atoms with van der Waals surface area (Å²) < 4.78 is 15.7. The fourth-order valence-electron chi connectivity index (χ4n) is 3.15. The lowest BCUT2D eigenvalue weighted by Gasteiger charge is -2.21. The number of ether oxygens (including phenoxy) is 3. The lowest BCUT2D eigenvalue weighted by Crippen LogP contribution is -2.45. The number of nitrogens with zero attached hydrogens (tertiary/aromatic N) is 2. The number of carbonyl (C=O) groups excluding carboxylic acids is 2. The molecule has 0 bridgehead atoms. The molecule has 1 saturated heterocycles. The SMILES string of the molecule is N#Cc1ccccc1CN1C(=O)OC[C@H]1C(=O)NCc1ccc2c(c1)OCO2. The molecule has 28 heavy (non-hydrogen) atoms. The van der Waals surface area contributed by atoms with Crippen molar-refractivity contribution in [2.45, 2.75) is 19.1 Å². The molecule has 8 nitrogen and oxygen atoms in total. The minimum atomic E-state index is -0.756. The molecular formula is C20H17N3O5. The summed E-state index contributed by atoms with van der Waals surface area (Å²) in [6.45, 7) is 0.569. The van der Waals surface area contributed by atoms with E-state index in [1.54, 1.807) is 36.4 Å². The van der Waals surface area contributed by atoms with E-state index < -0.39 is 12.1 Å². The first kappa shape index (κ1) is 17.7. The van der Waals surface area contributed by atoms with Crippen LogP contribution in [0, 0.1) is 11.3 Å². The summed E-state index contributed by atoms with van der Waals surface area (Å²) in [5.74, 6) is 0.992. The van der Waals surface area contributed by atoms with Gasteiger partial charge in [0.25, 0.3) is 0 Å². The minimum absolute atomic E-state index is 0.0273. The molecule has 2 aliphatic rings. The second-order valence-corrected chi connectivity index (χ2v) is 6.39. The summed E-state index contributed by atoms with van der Waals surface area (Å²) in [6.07, 6.45) is -0.573. The number of hydrogen-bond donors (Lipinski definition) is 1. The highest BCUT2D eigenvalue weighted by Gasteiger charge is 2.38. The number of carbonyl (C=O) groups is 2. The van der Waals surface area contributed by atoms with Crippen LogP contribution in [0.2, 0.25) is 0 Å². The first-order chi connectivity index (χ1) is 13.7. The van der Waals surface area contributed by atoms with E-state index in [0.29, 0.717) is 22.6 Å². The zero-order valence-corrected chi connectivity index (χ0v) is 14.9. The molecule has 4 rings (SSSR count). The number of fused-ring (bicyclic) bond motifs is 1. The van der Waals surface area contributed by atoms with E-state index in [-0.39, 0.29) is 32.4 Å².